The van der Waals surface area contributed by atoms with E-state index < -0.39 is 23.8 Å². The van der Waals surface area contributed by atoms with Crippen LogP contribution in [0.25, 0.3) is 0 Å². The summed E-state index contributed by atoms with van der Waals surface area (Å²) < 4.78 is 5.43. The maximum Gasteiger partial charge on any atom is 0.410 e. The smallest absolute Gasteiger partial charge is 0.410 e. The molecule has 0 radical (unpaired) electrons. The van der Waals surface area contributed by atoms with Gasteiger partial charge in [-0.05, 0) is 62.6 Å². The molecule has 0 saturated carbocycles. The Morgan fingerprint density at radius 2 is 1.58 bits per heavy atom. The summed E-state index contributed by atoms with van der Waals surface area (Å²) in [7, 11) is 1.54. The van der Waals surface area contributed by atoms with Gasteiger partial charge in [-0.2, -0.15) is 0 Å². The molecular weight excluding hydrogens is 418 g/mol. The molecule has 1 aromatic rings. The monoisotopic (exact) mass is 461 g/mol. The first-order chi connectivity index (χ1) is 15.1. The maximum absolute atomic E-state index is 13.2. The van der Waals surface area contributed by atoms with E-state index in [9.17, 15) is 14.4 Å². The summed E-state index contributed by atoms with van der Waals surface area (Å²) in [6, 6.07) is 6.24. The molecule has 0 spiro atoms. The van der Waals surface area contributed by atoms with Gasteiger partial charge in [-0.15, -0.1) is 0 Å². The minimum Gasteiger partial charge on any atom is -0.444 e. The molecule has 2 N–H and O–H groups in total. The van der Waals surface area contributed by atoms with Crippen molar-refractivity contribution in [1.29, 1.82) is 0 Å². The highest BCUT2D eigenvalue weighted by Crippen LogP contribution is 2.18. The number of nitrogens with one attached hydrogen (secondary N) is 2. The molecule has 0 heterocycles. The van der Waals surface area contributed by atoms with Gasteiger partial charge in [0.15, 0.2) is 0 Å². The minimum absolute atomic E-state index is 0.146. The average molecular weight is 462 g/mol. The lowest BCUT2D eigenvalue weighted by Gasteiger charge is -2.33. The molecule has 186 valence electrons. The first kappa shape index (κ1) is 28.5. The molecule has 0 unspecified atom stereocenters. The summed E-state index contributed by atoms with van der Waals surface area (Å²) in [6.45, 7) is 17.1. The van der Waals surface area contributed by atoms with Gasteiger partial charge in [0.1, 0.15) is 17.7 Å². The molecule has 0 aliphatic carbocycles. The van der Waals surface area contributed by atoms with Gasteiger partial charge in [0, 0.05) is 12.7 Å². The molecule has 0 bridgehead atoms. The highest BCUT2D eigenvalue weighted by Gasteiger charge is 2.35. The van der Waals surface area contributed by atoms with Crippen LogP contribution in [0.3, 0.4) is 0 Å². The van der Waals surface area contributed by atoms with Crippen LogP contribution in [-0.2, 0) is 20.7 Å². The minimum atomic E-state index is -0.775. The van der Waals surface area contributed by atoms with Crippen LogP contribution < -0.4 is 10.6 Å². The fraction of sp³-hybridized carbons (Fsp3) is 0.654. The Morgan fingerprint density at radius 1 is 0.970 bits per heavy atom. The zero-order valence-electron chi connectivity index (χ0n) is 22.0. The normalized spacial score (nSPS) is 13.6. The van der Waals surface area contributed by atoms with Gasteiger partial charge in [-0.3, -0.25) is 14.5 Å². The molecule has 7 nitrogen and oxygen atoms in total. The van der Waals surface area contributed by atoms with Crippen LogP contribution >= 0.6 is 0 Å². The summed E-state index contributed by atoms with van der Waals surface area (Å²) in [5.41, 5.74) is 1.17. The molecule has 1 aromatic carbocycles. The van der Waals surface area contributed by atoms with Gasteiger partial charge in [0.2, 0.25) is 11.8 Å². The predicted molar refractivity (Wildman–Crippen MR) is 133 cm³/mol. The Morgan fingerprint density at radius 3 is 2.06 bits per heavy atom. The molecule has 33 heavy (non-hydrogen) atoms. The van der Waals surface area contributed by atoms with Crippen molar-refractivity contribution in [3.8, 4) is 0 Å². The molecule has 0 fully saturated rings. The van der Waals surface area contributed by atoms with Crippen LogP contribution in [0.1, 0.15) is 67.9 Å². The predicted octanol–water partition coefficient (Wildman–Crippen LogP) is 4.86. The molecular formula is C26H43N3O4. The van der Waals surface area contributed by atoms with Crippen LogP contribution in [0.15, 0.2) is 24.3 Å². The van der Waals surface area contributed by atoms with E-state index in [0.29, 0.717) is 11.6 Å². The van der Waals surface area contributed by atoms with Gasteiger partial charge in [-0.25, -0.2) is 4.79 Å². The zero-order chi connectivity index (χ0) is 25.5. The second kappa shape index (κ2) is 12.1. The van der Waals surface area contributed by atoms with E-state index in [-0.39, 0.29) is 23.7 Å². The summed E-state index contributed by atoms with van der Waals surface area (Å²) in [6.07, 6.45) is 0.338. The van der Waals surface area contributed by atoms with Crippen molar-refractivity contribution in [1.82, 2.24) is 10.2 Å². The number of carbonyl (C=O) groups is 3. The van der Waals surface area contributed by atoms with Crippen molar-refractivity contribution in [3.05, 3.63) is 29.8 Å². The quantitative estimate of drug-likeness (QED) is 0.550. The second-order valence-corrected chi connectivity index (χ2v) is 10.8. The van der Waals surface area contributed by atoms with Crippen LogP contribution in [0.2, 0.25) is 0 Å². The van der Waals surface area contributed by atoms with Crippen LogP contribution in [0, 0.1) is 17.8 Å². The number of nitrogens with zero attached hydrogens (tertiary/aromatic N) is 1. The molecule has 0 aromatic heterocycles. The number of rotatable bonds is 9. The number of likely N-dealkylation sites (N-methyl/N-ethyl adjacent to an activating group) is 1. The van der Waals surface area contributed by atoms with Crippen molar-refractivity contribution in [2.24, 2.45) is 17.8 Å². The summed E-state index contributed by atoms with van der Waals surface area (Å²) >= 11 is 0. The maximum atomic E-state index is 13.2. The molecule has 7 heteroatoms. The third-order valence-corrected chi connectivity index (χ3v) is 5.08. The van der Waals surface area contributed by atoms with Crippen LogP contribution in [0.4, 0.5) is 10.5 Å². The lowest BCUT2D eigenvalue weighted by Crippen LogP contribution is -2.56. The largest absolute Gasteiger partial charge is 0.444 e. The second-order valence-electron chi connectivity index (χ2n) is 10.8. The Hall–Kier alpha value is -2.57. The number of hydrogen-bond acceptors (Lipinski definition) is 4. The summed E-state index contributed by atoms with van der Waals surface area (Å²) in [5, 5.41) is 5.80. The van der Waals surface area contributed by atoms with Crippen LogP contribution in [0.5, 0.6) is 0 Å². The first-order valence-electron chi connectivity index (χ1n) is 11.8. The van der Waals surface area contributed by atoms with E-state index in [1.165, 1.54) is 4.90 Å². The molecule has 3 amide bonds. The van der Waals surface area contributed by atoms with Gasteiger partial charge in [-0.1, -0.05) is 53.7 Å². The third kappa shape index (κ3) is 9.44. The highest BCUT2D eigenvalue weighted by atomic mass is 16.6. The van der Waals surface area contributed by atoms with Crippen molar-refractivity contribution >= 4 is 23.6 Å². The Kier molecular flexibility index (Phi) is 10.4. The van der Waals surface area contributed by atoms with E-state index >= 15 is 0 Å². The van der Waals surface area contributed by atoms with E-state index in [4.69, 9.17) is 4.74 Å². The van der Waals surface area contributed by atoms with Crippen molar-refractivity contribution < 1.29 is 19.1 Å². The Balaban J connectivity index is 2.99. The first-order valence-corrected chi connectivity index (χ1v) is 11.8. The van der Waals surface area contributed by atoms with Crippen molar-refractivity contribution in [2.75, 3.05) is 12.4 Å². The molecule has 0 aliphatic rings. The standard InChI is InChI=1S/C26H43N3O4/c1-16(2)14-19-12-11-13-20(15-19)27-23(30)21(17(3)4)28-24(31)22(18(5)6)29(10)25(32)33-26(7,8)9/h11-13,15-18,21-22H,14H2,1-10H3,(H,27,30)(H,28,31)/t21-,22-/m0/s1. The lowest BCUT2D eigenvalue weighted by molar-refractivity contribution is -0.131. The van der Waals surface area contributed by atoms with Crippen LogP contribution in [-0.4, -0.2) is 47.5 Å². The fourth-order valence-electron chi connectivity index (χ4n) is 3.61. The number of anilines is 1. The number of benzene rings is 1. The Bertz CT molecular complexity index is 812. The van der Waals surface area contributed by atoms with E-state index in [1.807, 2.05) is 52.0 Å². The molecule has 0 aliphatic heterocycles. The lowest BCUT2D eigenvalue weighted by atomic mass is 9.98. The number of amides is 3. The zero-order valence-corrected chi connectivity index (χ0v) is 22.0. The number of hydrogen-bond donors (Lipinski definition) is 2. The summed E-state index contributed by atoms with van der Waals surface area (Å²) in [5.74, 6) is -0.490. The van der Waals surface area contributed by atoms with Crippen molar-refractivity contribution in [2.45, 2.75) is 86.4 Å². The topological polar surface area (TPSA) is 87.7 Å². The number of ether oxygens (including phenoxy) is 1. The molecule has 0 saturated heterocycles. The fourth-order valence-corrected chi connectivity index (χ4v) is 3.61. The molecule has 1 rings (SSSR count). The molecule has 2 atom stereocenters. The highest BCUT2D eigenvalue weighted by molar-refractivity contribution is 5.98. The van der Waals surface area contributed by atoms with Crippen molar-refractivity contribution in [3.63, 3.8) is 0 Å². The third-order valence-electron chi connectivity index (χ3n) is 5.08. The van der Waals surface area contributed by atoms with E-state index in [2.05, 4.69) is 24.5 Å². The average Bonchev–Trinajstić information content (AvgIpc) is 2.63. The summed E-state index contributed by atoms with van der Waals surface area (Å²) in [4.78, 5) is 40.1. The number of carbonyl (C=O) groups excluding carboxylic acids is 3. The Labute approximate surface area is 199 Å². The van der Waals surface area contributed by atoms with Gasteiger partial charge < -0.3 is 15.4 Å². The van der Waals surface area contributed by atoms with Gasteiger partial charge >= 0.3 is 6.09 Å². The van der Waals surface area contributed by atoms with E-state index in [1.54, 1.807) is 27.8 Å². The SMILES string of the molecule is CC(C)Cc1cccc(NC(=O)[C@@H](NC(=O)[C@H](C(C)C)N(C)C(=O)OC(C)(C)C)C(C)C)c1. The van der Waals surface area contributed by atoms with Gasteiger partial charge in [0.05, 0.1) is 0 Å². The van der Waals surface area contributed by atoms with E-state index in [0.717, 1.165) is 12.0 Å². The van der Waals surface area contributed by atoms with Gasteiger partial charge in [0.25, 0.3) is 0 Å².